The van der Waals surface area contributed by atoms with Crippen LogP contribution >= 0.6 is 0 Å². The molecule has 1 aromatic heterocycles. The van der Waals surface area contributed by atoms with Crippen LogP contribution in [-0.4, -0.2) is 92.8 Å². The highest BCUT2D eigenvalue weighted by Gasteiger charge is 2.33. The molecule has 4 atom stereocenters. The Hall–Kier alpha value is -3.73. The number of anilines is 2. The standard InChI is InChI=1S/C31H37N5O8S2/c1-20-16-35(17-21(2)43-20)45(39,40)26-9-5-24(6-10-26)30(37)33-28-13-14-32-15-29(28)34-31(38)25-7-11-27(12-8-25)46(41,42)36-18-22(3)44-23(4)19-36/h5-15,20-23H,16-19H2,1-4H3,(H,34,38)(H,32,33,37)/t20-,21-,22-,23+/m1/s1. The van der Waals surface area contributed by atoms with Crippen LogP contribution in [0, 0.1) is 0 Å². The number of sulfonamides is 2. The number of amides is 2. The fourth-order valence-electron chi connectivity index (χ4n) is 5.50. The van der Waals surface area contributed by atoms with Gasteiger partial charge >= 0.3 is 0 Å². The minimum absolute atomic E-state index is 0.0626. The Morgan fingerprint density at radius 2 is 1.00 bits per heavy atom. The predicted molar refractivity (Wildman–Crippen MR) is 171 cm³/mol. The zero-order valence-electron chi connectivity index (χ0n) is 25.9. The summed E-state index contributed by atoms with van der Waals surface area (Å²) < 4.78 is 66.7. The van der Waals surface area contributed by atoms with Crippen molar-refractivity contribution in [1.82, 2.24) is 13.6 Å². The van der Waals surface area contributed by atoms with E-state index in [1.54, 1.807) is 0 Å². The molecule has 46 heavy (non-hydrogen) atoms. The number of rotatable bonds is 8. The molecular formula is C31H37N5O8S2. The van der Waals surface area contributed by atoms with Gasteiger partial charge < -0.3 is 20.1 Å². The van der Waals surface area contributed by atoms with Crippen LogP contribution in [0.15, 0.2) is 76.8 Å². The number of ether oxygens (including phenoxy) is 2. The number of hydrogen-bond donors (Lipinski definition) is 2. The summed E-state index contributed by atoms with van der Waals surface area (Å²) >= 11 is 0. The van der Waals surface area contributed by atoms with Crippen LogP contribution < -0.4 is 10.6 Å². The molecule has 0 bridgehead atoms. The Morgan fingerprint density at radius 1 is 0.630 bits per heavy atom. The molecule has 2 fully saturated rings. The summed E-state index contributed by atoms with van der Waals surface area (Å²) in [6.07, 6.45) is 1.87. The van der Waals surface area contributed by atoms with Gasteiger partial charge in [0.2, 0.25) is 20.0 Å². The highest BCUT2D eigenvalue weighted by molar-refractivity contribution is 7.89. The van der Waals surface area contributed by atoms with Gasteiger partial charge in [-0.25, -0.2) is 16.8 Å². The molecule has 3 heterocycles. The van der Waals surface area contributed by atoms with Crippen molar-refractivity contribution in [3.05, 3.63) is 78.1 Å². The van der Waals surface area contributed by atoms with E-state index in [1.165, 1.54) is 75.6 Å². The van der Waals surface area contributed by atoms with Gasteiger partial charge in [-0.15, -0.1) is 0 Å². The van der Waals surface area contributed by atoms with E-state index in [4.69, 9.17) is 9.47 Å². The number of carbonyl (C=O) groups excluding carboxylic acids is 2. The number of aromatic nitrogens is 1. The van der Waals surface area contributed by atoms with E-state index >= 15 is 0 Å². The Kier molecular flexibility index (Phi) is 9.91. The Bertz CT molecular complexity index is 1650. The summed E-state index contributed by atoms with van der Waals surface area (Å²) in [5, 5.41) is 5.43. The van der Waals surface area contributed by atoms with Crippen molar-refractivity contribution in [3.63, 3.8) is 0 Å². The van der Waals surface area contributed by atoms with Gasteiger partial charge in [-0.3, -0.25) is 14.6 Å². The van der Waals surface area contributed by atoms with Crippen LogP contribution in [-0.2, 0) is 29.5 Å². The summed E-state index contributed by atoms with van der Waals surface area (Å²) in [7, 11) is -7.55. The average molecular weight is 672 g/mol. The summed E-state index contributed by atoms with van der Waals surface area (Å²) in [5.41, 5.74) is 0.877. The molecule has 2 aromatic carbocycles. The smallest absolute Gasteiger partial charge is 0.255 e. The van der Waals surface area contributed by atoms with Crippen LogP contribution in [0.4, 0.5) is 11.4 Å². The number of carbonyl (C=O) groups is 2. The molecule has 2 aliphatic rings. The van der Waals surface area contributed by atoms with Gasteiger partial charge in [0.05, 0.1) is 51.8 Å². The molecule has 2 N–H and O–H groups in total. The van der Waals surface area contributed by atoms with E-state index in [-0.39, 0.29) is 82.9 Å². The molecular weight excluding hydrogens is 635 g/mol. The van der Waals surface area contributed by atoms with Gasteiger partial charge in [0, 0.05) is 43.5 Å². The van der Waals surface area contributed by atoms with Crippen molar-refractivity contribution >= 4 is 43.2 Å². The second-order valence-corrected chi connectivity index (χ2v) is 15.4. The molecule has 0 unspecified atom stereocenters. The SMILES string of the molecule is C[C@@H]1CN(S(=O)(=O)c2ccc(C(=O)Nc3ccncc3NC(=O)c3ccc(S(=O)(=O)N4C[C@@H](C)O[C@@H](C)C4)cc3)cc2)C[C@@H](C)O1. The lowest BCUT2D eigenvalue weighted by molar-refractivity contribution is -0.0442. The molecule has 0 aliphatic carbocycles. The first-order valence-corrected chi connectivity index (χ1v) is 17.7. The minimum Gasteiger partial charge on any atom is -0.373 e. The molecule has 0 radical (unpaired) electrons. The molecule has 13 nitrogen and oxygen atoms in total. The topological polar surface area (TPSA) is 164 Å². The first-order chi connectivity index (χ1) is 21.7. The summed E-state index contributed by atoms with van der Waals surface area (Å²) in [6.45, 7) is 8.22. The van der Waals surface area contributed by atoms with E-state index in [9.17, 15) is 26.4 Å². The lowest BCUT2D eigenvalue weighted by Crippen LogP contribution is -2.48. The summed E-state index contributed by atoms with van der Waals surface area (Å²) in [4.78, 5) is 30.3. The fourth-order valence-corrected chi connectivity index (χ4v) is 8.68. The van der Waals surface area contributed by atoms with E-state index in [2.05, 4.69) is 15.6 Å². The van der Waals surface area contributed by atoms with Crippen molar-refractivity contribution in [2.75, 3.05) is 36.8 Å². The van der Waals surface area contributed by atoms with Gasteiger partial charge in [0.1, 0.15) is 0 Å². The van der Waals surface area contributed by atoms with Crippen LogP contribution in [0.3, 0.4) is 0 Å². The third-order valence-electron chi connectivity index (χ3n) is 7.60. The highest BCUT2D eigenvalue weighted by Crippen LogP contribution is 2.25. The Labute approximate surface area is 269 Å². The highest BCUT2D eigenvalue weighted by atomic mass is 32.2. The number of hydrogen-bond acceptors (Lipinski definition) is 9. The molecule has 0 spiro atoms. The van der Waals surface area contributed by atoms with E-state index in [1.807, 2.05) is 27.7 Å². The minimum atomic E-state index is -3.77. The first kappa shape index (κ1) is 33.6. The van der Waals surface area contributed by atoms with Crippen LogP contribution in [0.5, 0.6) is 0 Å². The molecule has 2 aliphatic heterocycles. The number of nitrogens with zero attached hydrogens (tertiary/aromatic N) is 3. The van der Waals surface area contributed by atoms with Crippen molar-refractivity contribution in [3.8, 4) is 0 Å². The van der Waals surface area contributed by atoms with Gasteiger partial charge in [0.25, 0.3) is 11.8 Å². The van der Waals surface area contributed by atoms with E-state index in [0.717, 1.165) is 0 Å². The second kappa shape index (κ2) is 13.6. The maximum absolute atomic E-state index is 13.2. The number of benzene rings is 2. The van der Waals surface area contributed by atoms with Crippen molar-refractivity contribution in [1.29, 1.82) is 0 Å². The molecule has 2 saturated heterocycles. The number of morpholine rings is 2. The molecule has 0 saturated carbocycles. The monoisotopic (exact) mass is 671 g/mol. The Morgan fingerprint density at radius 3 is 1.39 bits per heavy atom. The lowest BCUT2D eigenvalue weighted by atomic mass is 10.2. The fraction of sp³-hybridized carbons (Fsp3) is 0.387. The molecule has 3 aromatic rings. The third kappa shape index (κ3) is 7.45. The lowest BCUT2D eigenvalue weighted by Gasteiger charge is -2.34. The molecule has 246 valence electrons. The quantitative estimate of drug-likeness (QED) is 0.366. The number of pyridine rings is 1. The van der Waals surface area contributed by atoms with Crippen molar-refractivity contribution in [2.45, 2.75) is 61.9 Å². The zero-order chi connectivity index (χ0) is 33.2. The summed E-state index contributed by atoms with van der Waals surface area (Å²) in [5.74, 6) is -1.07. The summed E-state index contributed by atoms with van der Waals surface area (Å²) in [6, 6.07) is 12.7. The first-order valence-electron chi connectivity index (χ1n) is 14.8. The zero-order valence-corrected chi connectivity index (χ0v) is 27.5. The maximum atomic E-state index is 13.2. The average Bonchev–Trinajstić information content (AvgIpc) is 3.01. The van der Waals surface area contributed by atoms with Gasteiger partial charge in [-0.2, -0.15) is 8.61 Å². The van der Waals surface area contributed by atoms with Crippen LogP contribution in [0.1, 0.15) is 48.4 Å². The van der Waals surface area contributed by atoms with Crippen molar-refractivity contribution in [2.24, 2.45) is 0 Å². The normalized spacial score (nSPS) is 23.0. The largest absolute Gasteiger partial charge is 0.373 e. The Balaban J connectivity index is 1.25. The van der Waals surface area contributed by atoms with Crippen LogP contribution in [0.25, 0.3) is 0 Å². The van der Waals surface area contributed by atoms with Gasteiger partial charge in [0.15, 0.2) is 0 Å². The second-order valence-electron chi connectivity index (χ2n) is 11.5. The van der Waals surface area contributed by atoms with E-state index < -0.39 is 31.9 Å². The van der Waals surface area contributed by atoms with E-state index in [0.29, 0.717) is 0 Å². The number of nitrogens with one attached hydrogen (secondary N) is 2. The predicted octanol–water partition coefficient (Wildman–Crippen LogP) is 3.18. The molecule has 15 heteroatoms. The molecule has 2 amide bonds. The van der Waals surface area contributed by atoms with Crippen molar-refractivity contribution < 1.29 is 35.9 Å². The third-order valence-corrected chi connectivity index (χ3v) is 11.3. The maximum Gasteiger partial charge on any atom is 0.255 e. The van der Waals surface area contributed by atoms with Gasteiger partial charge in [-0.05, 0) is 82.3 Å². The molecule has 5 rings (SSSR count). The van der Waals surface area contributed by atoms with Gasteiger partial charge in [-0.1, -0.05) is 0 Å². The van der Waals surface area contributed by atoms with Crippen LogP contribution in [0.2, 0.25) is 0 Å².